The van der Waals surface area contributed by atoms with E-state index < -0.39 is 11.4 Å². The second-order valence-electron chi connectivity index (χ2n) is 7.09. The highest BCUT2D eigenvalue weighted by atomic mass is 32.1. The number of aromatic hydroxyl groups is 1. The van der Waals surface area contributed by atoms with Gasteiger partial charge in [-0.05, 0) is 79.8 Å². The number of nitrogens with zero attached hydrogens (tertiary/aromatic N) is 4. The van der Waals surface area contributed by atoms with Gasteiger partial charge in [0.25, 0.3) is 5.56 Å². The first kappa shape index (κ1) is 22.9. The lowest BCUT2D eigenvalue weighted by molar-refractivity contribution is 0.340. The first-order valence-electron chi connectivity index (χ1n) is 10.5. The SMILES string of the molecule is CCOc1ccc(-n2c(O)c(N=Nc3ccccc3)c(=O)n(-c3ccc(OC)cc3)c2=S)cc1. The van der Waals surface area contributed by atoms with Crippen LogP contribution < -0.4 is 15.0 Å². The van der Waals surface area contributed by atoms with Gasteiger partial charge < -0.3 is 14.6 Å². The average Bonchev–Trinajstić information content (AvgIpc) is 2.86. The van der Waals surface area contributed by atoms with Gasteiger partial charge in [0.2, 0.25) is 11.6 Å². The molecule has 3 aromatic carbocycles. The van der Waals surface area contributed by atoms with Crippen LogP contribution in [-0.2, 0) is 0 Å². The minimum Gasteiger partial charge on any atom is -0.497 e. The second kappa shape index (κ2) is 10.1. The summed E-state index contributed by atoms with van der Waals surface area (Å²) in [4.78, 5) is 13.4. The summed E-state index contributed by atoms with van der Waals surface area (Å²) in [7, 11) is 1.56. The summed E-state index contributed by atoms with van der Waals surface area (Å²) in [6, 6.07) is 22.8. The van der Waals surface area contributed by atoms with Crippen LogP contribution in [-0.4, -0.2) is 28.0 Å². The number of methoxy groups -OCH3 is 1. The van der Waals surface area contributed by atoms with Crippen molar-refractivity contribution >= 4 is 23.6 Å². The van der Waals surface area contributed by atoms with Gasteiger partial charge in [-0.3, -0.25) is 13.9 Å². The molecule has 0 fully saturated rings. The molecule has 1 heterocycles. The van der Waals surface area contributed by atoms with Gasteiger partial charge in [-0.25, -0.2) is 0 Å². The molecule has 0 bridgehead atoms. The molecule has 34 heavy (non-hydrogen) atoms. The van der Waals surface area contributed by atoms with E-state index in [4.69, 9.17) is 21.7 Å². The number of hydrogen-bond acceptors (Lipinski definition) is 7. The van der Waals surface area contributed by atoms with Gasteiger partial charge in [0.1, 0.15) is 11.5 Å². The van der Waals surface area contributed by atoms with Crippen LogP contribution in [0.1, 0.15) is 6.92 Å². The van der Waals surface area contributed by atoms with Crippen LogP contribution in [0, 0.1) is 4.77 Å². The maximum absolute atomic E-state index is 13.4. The predicted molar refractivity (Wildman–Crippen MR) is 132 cm³/mol. The number of benzene rings is 3. The Morgan fingerprint density at radius 2 is 1.44 bits per heavy atom. The highest BCUT2D eigenvalue weighted by Gasteiger charge is 2.19. The Morgan fingerprint density at radius 3 is 2.03 bits per heavy atom. The number of ether oxygens (including phenoxy) is 2. The maximum atomic E-state index is 13.4. The Balaban J connectivity index is 1.95. The lowest BCUT2D eigenvalue weighted by Gasteiger charge is -2.16. The van der Waals surface area contributed by atoms with Crippen LogP contribution in [0.4, 0.5) is 11.4 Å². The number of aromatic nitrogens is 2. The highest BCUT2D eigenvalue weighted by molar-refractivity contribution is 7.71. The van der Waals surface area contributed by atoms with E-state index in [-0.39, 0.29) is 10.5 Å². The topological polar surface area (TPSA) is 90.3 Å². The molecule has 4 rings (SSSR count). The van der Waals surface area contributed by atoms with E-state index in [0.29, 0.717) is 35.2 Å². The normalized spacial score (nSPS) is 11.0. The van der Waals surface area contributed by atoms with Crippen molar-refractivity contribution in [2.24, 2.45) is 10.2 Å². The fourth-order valence-corrected chi connectivity index (χ4v) is 3.70. The van der Waals surface area contributed by atoms with Crippen molar-refractivity contribution in [1.29, 1.82) is 0 Å². The quantitative estimate of drug-likeness (QED) is 0.267. The zero-order valence-corrected chi connectivity index (χ0v) is 19.4. The first-order chi connectivity index (χ1) is 16.5. The van der Waals surface area contributed by atoms with Crippen LogP contribution in [0.2, 0.25) is 0 Å². The zero-order valence-electron chi connectivity index (χ0n) is 18.6. The van der Waals surface area contributed by atoms with Crippen molar-refractivity contribution in [3.05, 3.63) is 94.0 Å². The van der Waals surface area contributed by atoms with E-state index >= 15 is 0 Å². The van der Waals surface area contributed by atoms with E-state index in [0.717, 1.165) is 0 Å². The summed E-state index contributed by atoms with van der Waals surface area (Å²) >= 11 is 5.64. The van der Waals surface area contributed by atoms with Gasteiger partial charge in [0.05, 0.1) is 30.8 Å². The molecule has 0 amide bonds. The molecule has 4 aromatic rings. The lowest BCUT2D eigenvalue weighted by Crippen LogP contribution is -2.23. The standard InChI is InChI=1S/C25H22N4O4S/c1-3-33-21-15-11-19(12-16-21)29-24(31)22(27-26-17-7-5-4-6-8-17)23(30)28(25(29)34)18-9-13-20(32-2)14-10-18/h4-16,31H,3H2,1-2H3. The minimum atomic E-state index is -0.602. The van der Waals surface area contributed by atoms with Gasteiger partial charge in [-0.15, -0.1) is 5.11 Å². The molecule has 172 valence electrons. The van der Waals surface area contributed by atoms with Crippen LogP contribution in [0.15, 0.2) is 93.9 Å². The zero-order chi connectivity index (χ0) is 24.1. The third-order valence-corrected chi connectivity index (χ3v) is 5.34. The molecule has 9 heteroatoms. The van der Waals surface area contributed by atoms with Gasteiger partial charge in [0.15, 0.2) is 4.77 Å². The van der Waals surface area contributed by atoms with Gasteiger partial charge in [-0.2, -0.15) is 5.11 Å². The molecule has 0 unspecified atom stereocenters. The third kappa shape index (κ3) is 4.60. The Bertz CT molecular complexity index is 1430. The lowest BCUT2D eigenvalue weighted by atomic mass is 10.2. The molecule has 8 nitrogen and oxygen atoms in total. The number of azo groups is 1. The fourth-order valence-electron chi connectivity index (χ4n) is 3.32. The molecule has 0 atom stereocenters. The van der Waals surface area contributed by atoms with Gasteiger partial charge in [0, 0.05) is 0 Å². The van der Waals surface area contributed by atoms with Crippen LogP contribution in [0.5, 0.6) is 17.4 Å². The van der Waals surface area contributed by atoms with Crippen molar-refractivity contribution in [2.45, 2.75) is 6.92 Å². The Kier molecular flexibility index (Phi) is 6.84. The summed E-state index contributed by atoms with van der Waals surface area (Å²) in [5.74, 6) is 0.887. The average molecular weight is 475 g/mol. The second-order valence-corrected chi connectivity index (χ2v) is 7.46. The van der Waals surface area contributed by atoms with Crippen molar-refractivity contribution in [3.63, 3.8) is 0 Å². The summed E-state index contributed by atoms with van der Waals surface area (Å²) in [6.07, 6.45) is 0. The summed E-state index contributed by atoms with van der Waals surface area (Å²) in [6.45, 7) is 2.42. The Labute approximate surface area is 201 Å². The molecule has 0 radical (unpaired) electrons. The van der Waals surface area contributed by atoms with Crippen molar-refractivity contribution in [1.82, 2.24) is 9.13 Å². The molecular formula is C25H22N4O4S. The fraction of sp³-hybridized carbons (Fsp3) is 0.120. The molecule has 0 aliphatic heterocycles. The van der Waals surface area contributed by atoms with E-state index in [1.807, 2.05) is 13.0 Å². The van der Waals surface area contributed by atoms with E-state index in [2.05, 4.69) is 10.2 Å². The summed E-state index contributed by atoms with van der Waals surface area (Å²) in [5, 5.41) is 19.3. The Morgan fingerprint density at radius 1 is 0.853 bits per heavy atom. The molecule has 0 aliphatic carbocycles. The third-order valence-electron chi connectivity index (χ3n) is 4.97. The van der Waals surface area contributed by atoms with E-state index in [1.165, 1.54) is 9.13 Å². The summed E-state index contributed by atoms with van der Waals surface area (Å²) in [5.41, 5.74) is 0.708. The van der Waals surface area contributed by atoms with Crippen molar-refractivity contribution in [3.8, 4) is 28.8 Å². The molecule has 1 aromatic heterocycles. The molecule has 0 spiro atoms. The monoisotopic (exact) mass is 474 g/mol. The number of rotatable bonds is 7. The first-order valence-corrected chi connectivity index (χ1v) is 10.9. The van der Waals surface area contributed by atoms with Crippen LogP contribution in [0.3, 0.4) is 0 Å². The maximum Gasteiger partial charge on any atom is 0.290 e. The molecule has 0 aliphatic rings. The largest absolute Gasteiger partial charge is 0.497 e. The molecule has 0 saturated heterocycles. The highest BCUT2D eigenvalue weighted by Crippen LogP contribution is 2.30. The van der Waals surface area contributed by atoms with Crippen molar-refractivity contribution < 1.29 is 14.6 Å². The molecule has 0 saturated carbocycles. The predicted octanol–water partition coefficient (Wildman–Crippen LogP) is 5.89. The summed E-state index contributed by atoms with van der Waals surface area (Å²) < 4.78 is 13.5. The van der Waals surface area contributed by atoms with E-state index in [1.54, 1.807) is 79.9 Å². The smallest absolute Gasteiger partial charge is 0.290 e. The number of hydrogen-bond donors (Lipinski definition) is 1. The van der Waals surface area contributed by atoms with Crippen LogP contribution >= 0.6 is 12.2 Å². The molecule has 1 N–H and O–H groups in total. The minimum absolute atomic E-state index is 0.0653. The Hall–Kier alpha value is -4.24. The van der Waals surface area contributed by atoms with Crippen molar-refractivity contribution in [2.75, 3.05) is 13.7 Å². The van der Waals surface area contributed by atoms with Gasteiger partial charge >= 0.3 is 0 Å². The van der Waals surface area contributed by atoms with E-state index in [9.17, 15) is 9.90 Å². The van der Waals surface area contributed by atoms with Crippen LogP contribution in [0.25, 0.3) is 11.4 Å². The van der Waals surface area contributed by atoms with Gasteiger partial charge in [-0.1, -0.05) is 18.2 Å². The molecular weight excluding hydrogens is 452 g/mol.